The third kappa shape index (κ3) is 3.49. The molecular formula is C12H19N3OS. The molecule has 0 saturated heterocycles. The minimum atomic E-state index is -0.0247. The molecule has 0 aromatic carbocycles. The van der Waals surface area contributed by atoms with E-state index in [1.54, 1.807) is 6.20 Å². The van der Waals surface area contributed by atoms with Crippen LogP contribution in [-0.2, 0) is 0 Å². The third-order valence-electron chi connectivity index (χ3n) is 3.12. The monoisotopic (exact) mass is 253 g/mol. The van der Waals surface area contributed by atoms with Gasteiger partial charge in [-0.1, -0.05) is 12.8 Å². The number of H-pyrrole nitrogens is 1. The van der Waals surface area contributed by atoms with Gasteiger partial charge in [0.05, 0.1) is 11.8 Å². The number of carbonyl (C=O) groups excluding carboxylic acids is 1. The van der Waals surface area contributed by atoms with Crippen molar-refractivity contribution in [1.29, 1.82) is 0 Å². The molecule has 2 rings (SSSR count). The van der Waals surface area contributed by atoms with E-state index in [1.165, 1.54) is 25.7 Å². The number of carbonyl (C=O) groups is 1. The van der Waals surface area contributed by atoms with Gasteiger partial charge in [-0.3, -0.25) is 9.89 Å². The molecule has 1 aliphatic rings. The Morgan fingerprint density at radius 2 is 2.35 bits per heavy atom. The number of nitrogens with one attached hydrogen (secondary N) is 2. The van der Waals surface area contributed by atoms with Crippen molar-refractivity contribution in [3.8, 4) is 0 Å². The summed E-state index contributed by atoms with van der Waals surface area (Å²) in [7, 11) is 0. The van der Waals surface area contributed by atoms with Crippen LogP contribution in [0, 0.1) is 6.92 Å². The summed E-state index contributed by atoms with van der Waals surface area (Å²) in [4.78, 5) is 11.7. The highest BCUT2D eigenvalue weighted by atomic mass is 32.2. The number of nitrogens with zero attached hydrogens (tertiary/aromatic N) is 1. The van der Waals surface area contributed by atoms with Crippen molar-refractivity contribution >= 4 is 17.7 Å². The molecule has 0 bridgehead atoms. The first-order chi connectivity index (χ1) is 8.27. The van der Waals surface area contributed by atoms with Crippen molar-refractivity contribution in [3.05, 3.63) is 17.5 Å². The predicted molar refractivity (Wildman–Crippen MR) is 70.4 cm³/mol. The van der Waals surface area contributed by atoms with Crippen LogP contribution in [0.4, 0.5) is 0 Å². The van der Waals surface area contributed by atoms with Crippen molar-refractivity contribution in [2.75, 3.05) is 12.3 Å². The Hall–Kier alpha value is -0.970. The number of hydrogen-bond donors (Lipinski definition) is 2. The Morgan fingerprint density at radius 1 is 1.59 bits per heavy atom. The van der Waals surface area contributed by atoms with Gasteiger partial charge in [0.25, 0.3) is 5.91 Å². The lowest BCUT2D eigenvalue weighted by Crippen LogP contribution is -2.26. The van der Waals surface area contributed by atoms with Crippen molar-refractivity contribution in [1.82, 2.24) is 15.5 Å². The van der Waals surface area contributed by atoms with Gasteiger partial charge in [-0.15, -0.1) is 0 Å². The second-order valence-electron chi connectivity index (χ2n) is 4.44. The number of rotatable bonds is 5. The van der Waals surface area contributed by atoms with Crippen LogP contribution in [0.1, 0.15) is 41.7 Å². The van der Waals surface area contributed by atoms with Crippen molar-refractivity contribution in [3.63, 3.8) is 0 Å². The molecule has 0 spiro atoms. The molecule has 0 unspecified atom stereocenters. The normalized spacial score (nSPS) is 16.3. The summed E-state index contributed by atoms with van der Waals surface area (Å²) in [5.41, 5.74) is 1.47. The first-order valence-electron chi connectivity index (χ1n) is 6.17. The van der Waals surface area contributed by atoms with Crippen LogP contribution in [0.5, 0.6) is 0 Å². The zero-order valence-electron chi connectivity index (χ0n) is 10.2. The molecular weight excluding hydrogens is 234 g/mol. The van der Waals surface area contributed by atoms with Crippen LogP contribution in [0.3, 0.4) is 0 Å². The van der Waals surface area contributed by atoms with Crippen molar-refractivity contribution < 1.29 is 4.79 Å². The largest absolute Gasteiger partial charge is 0.351 e. The molecule has 1 fully saturated rings. The molecule has 1 aliphatic carbocycles. The molecule has 0 radical (unpaired) electrons. The fraction of sp³-hybridized carbons (Fsp3) is 0.667. The molecule has 0 atom stereocenters. The van der Waals surface area contributed by atoms with E-state index in [1.807, 2.05) is 18.7 Å². The summed E-state index contributed by atoms with van der Waals surface area (Å²) in [6.45, 7) is 2.60. The maximum atomic E-state index is 11.7. The number of aromatic amines is 1. The van der Waals surface area contributed by atoms with E-state index in [4.69, 9.17) is 0 Å². The number of amides is 1. The highest BCUT2D eigenvalue weighted by Gasteiger charge is 2.15. The minimum Gasteiger partial charge on any atom is -0.351 e. The van der Waals surface area contributed by atoms with Gasteiger partial charge in [-0.2, -0.15) is 16.9 Å². The van der Waals surface area contributed by atoms with E-state index in [0.29, 0.717) is 5.56 Å². The molecule has 1 aromatic heterocycles. The summed E-state index contributed by atoms with van der Waals surface area (Å²) in [5, 5.41) is 10.4. The van der Waals surface area contributed by atoms with Gasteiger partial charge in [-0.05, 0) is 19.8 Å². The Balaban J connectivity index is 1.65. The average molecular weight is 253 g/mol. The lowest BCUT2D eigenvalue weighted by Gasteiger charge is -2.09. The number of aryl methyl sites for hydroxylation is 1. The summed E-state index contributed by atoms with van der Waals surface area (Å²) < 4.78 is 0. The molecule has 1 saturated carbocycles. The van der Waals surface area contributed by atoms with Crippen LogP contribution in [0.25, 0.3) is 0 Å². The second-order valence-corrected chi connectivity index (χ2v) is 5.85. The van der Waals surface area contributed by atoms with E-state index in [2.05, 4.69) is 15.5 Å². The Bertz CT molecular complexity index is 372. The minimum absolute atomic E-state index is 0.0247. The molecule has 4 nitrogen and oxygen atoms in total. The first kappa shape index (κ1) is 12.5. The number of hydrogen-bond acceptors (Lipinski definition) is 3. The van der Waals surface area contributed by atoms with Gasteiger partial charge in [0.2, 0.25) is 0 Å². The quantitative estimate of drug-likeness (QED) is 0.790. The number of aromatic nitrogens is 2. The van der Waals surface area contributed by atoms with E-state index in [9.17, 15) is 4.79 Å². The Labute approximate surface area is 106 Å². The van der Waals surface area contributed by atoms with Crippen LogP contribution in [0.2, 0.25) is 0 Å². The van der Waals surface area contributed by atoms with Gasteiger partial charge in [0.15, 0.2) is 0 Å². The van der Waals surface area contributed by atoms with Gasteiger partial charge in [-0.25, -0.2) is 0 Å². The lowest BCUT2D eigenvalue weighted by molar-refractivity contribution is 0.0955. The van der Waals surface area contributed by atoms with Crippen LogP contribution < -0.4 is 5.32 Å². The van der Waals surface area contributed by atoms with Crippen molar-refractivity contribution in [2.45, 2.75) is 37.9 Å². The fourth-order valence-electron chi connectivity index (χ4n) is 2.12. The summed E-state index contributed by atoms with van der Waals surface area (Å²) >= 11 is 1.99. The molecule has 0 aliphatic heterocycles. The smallest absolute Gasteiger partial charge is 0.254 e. The van der Waals surface area contributed by atoms with Crippen LogP contribution in [0.15, 0.2) is 6.20 Å². The molecule has 5 heteroatoms. The van der Waals surface area contributed by atoms with E-state index < -0.39 is 0 Å². The first-order valence-corrected chi connectivity index (χ1v) is 7.22. The molecule has 94 valence electrons. The molecule has 1 aromatic rings. The Morgan fingerprint density at radius 3 is 3.00 bits per heavy atom. The summed E-state index contributed by atoms with van der Waals surface area (Å²) in [6.07, 6.45) is 7.02. The SMILES string of the molecule is Cc1[nH]ncc1C(=O)NCCSC1CCCC1. The van der Waals surface area contributed by atoms with E-state index >= 15 is 0 Å². The van der Waals surface area contributed by atoms with Crippen molar-refractivity contribution in [2.24, 2.45) is 0 Å². The third-order valence-corrected chi connectivity index (χ3v) is 4.50. The van der Waals surface area contributed by atoms with E-state index in [0.717, 1.165) is 23.2 Å². The van der Waals surface area contributed by atoms with Gasteiger partial charge in [0.1, 0.15) is 0 Å². The highest BCUT2D eigenvalue weighted by molar-refractivity contribution is 7.99. The van der Waals surface area contributed by atoms with Gasteiger partial charge in [0, 0.05) is 23.2 Å². The second kappa shape index (κ2) is 6.10. The van der Waals surface area contributed by atoms with E-state index in [-0.39, 0.29) is 5.91 Å². The zero-order valence-corrected chi connectivity index (χ0v) is 11.0. The highest BCUT2D eigenvalue weighted by Crippen LogP contribution is 2.28. The average Bonchev–Trinajstić information content (AvgIpc) is 2.95. The van der Waals surface area contributed by atoms with Crippen LogP contribution in [-0.4, -0.2) is 33.7 Å². The Kier molecular flexibility index (Phi) is 4.48. The summed E-state index contributed by atoms with van der Waals surface area (Å²) in [6, 6.07) is 0. The fourth-order valence-corrected chi connectivity index (χ4v) is 3.34. The van der Waals surface area contributed by atoms with Crippen LogP contribution >= 0.6 is 11.8 Å². The topological polar surface area (TPSA) is 57.8 Å². The lowest BCUT2D eigenvalue weighted by atomic mass is 10.2. The molecule has 2 N–H and O–H groups in total. The maximum Gasteiger partial charge on any atom is 0.254 e. The number of thioether (sulfide) groups is 1. The summed E-state index contributed by atoms with van der Waals surface area (Å²) in [5.74, 6) is 0.982. The zero-order chi connectivity index (χ0) is 12.1. The molecule has 1 amide bonds. The molecule has 17 heavy (non-hydrogen) atoms. The standard InChI is InChI=1S/C12H19N3OS/c1-9-11(8-14-15-9)12(16)13-6-7-17-10-4-2-3-5-10/h8,10H,2-7H2,1H3,(H,13,16)(H,14,15). The van der Waals surface area contributed by atoms with Gasteiger partial charge >= 0.3 is 0 Å². The van der Waals surface area contributed by atoms with Gasteiger partial charge < -0.3 is 5.32 Å². The predicted octanol–water partition coefficient (Wildman–Crippen LogP) is 2.12. The maximum absolute atomic E-state index is 11.7. The molecule has 1 heterocycles.